The van der Waals surface area contributed by atoms with Gasteiger partial charge in [-0.25, -0.2) is 8.78 Å². The summed E-state index contributed by atoms with van der Waals surface area (Å²) in [5, 5.41) is 0. The predicted molar refractivity (Wildman–Crippen MR) is 81.5 cm³/mol. The van der Waals surface area contributed by atoms with Crippen LogP contribution in [0.25, 0.3) is 0 Å². The molecule has 2 nitrogen and oxygen atoms in total. The number of hydrogen-bond acceptors (Lipinski definition) is 2. The van der Waals surface area contributed by atoms with Crippen LogP contribution in [0, 0.1) is 17.6 Å². The van der Waals surface area contributed by atoms with Crippen molar-refractivity contribution in [2.24, 2.45) is 11.8 Å². The number of nitrogens with one attached hydrogen (secondary N) is 1. The molecule has 110 valence electrons. The summed E-state index contributed by atoms with van der Waals surface area (Å²) >= 11 is 3.10. The van der Waals surface area contributed by atoms with Crippen LogP contribution in [0.4, 0.5) is 8.78 Å². The van der Waals surface area contributed by atoms with E-state index in [4.69, 9.17) is 5.84 Å². The lowest BCUT2D eigenvalue weighted by Gasteiger charge is -2.24. The molecule has 0 saturated carbocycles. The van der Waals surface area contributed by atoms with Gasteiger partial charge in [-0.3, -0.25) is 11.3 Å². The molecule has 1 aliphatic carbocycles. The summed E-state index contributed by atoms with van der Waals surface area (Å²) in [6.07, 6.45) is 1.52. The highest BCUT2D eigenvalue weighted by Crippen LogP contribution is 2.37. The highest BCUT2D eigenvalue weighted by Gasteiger charge is 2.32. The highest BCUT2D eigenvalue weighted by molar-refractivity contribution is 9.10. The van der Waals surface area contributed by atoms with E-state index in [0.29, 0.717) is 0 Å². The van der Waals surface area contributed by atoms with E-state index in [9.17, 15) is 8.78 Å². The zero-order chi connectivity index (χ0) is 15.0. The van der Waals surface area contributed by atoms with E-state index in [2.05, 4.69) is 33.5 Å². The topological polar surface area (TPSA) is 38.0 Å². The van der Waals surface area contributed by atoms with Gasteiger partial charge in [-0.15, -0.1) is 0 Å². The van der Waals surface area contributed by atoms with Crippen LogP contribution in [0.5, 0.6) is 0 Å². The summed E-state index contributed by atoms with van der Waals surface area (Å²) in [6.45, 7) is 0. The first-order valence-corrected chi connectivity index (χ1v) is 7.57. The second-order valence-electron chi connectivity index (χ2n) is 5.34. The molecule has 0 fully saturated rings. The van der Waals surface area contributed by atoms with Crippen molar-refractivity contribution in [3.8, 4) is 0 Å². The minimum Gasteiger partial charge on any atom is -0.271 e. The number of rotatable bonds is 3. The first-order chi connectivity index (χ1) is 10.1. The summed E-state index contributed by atoms with van der Waals surface area (Å²) < 4.78 is 28.6. The second-order valence-corrected chi connectivity index (χ2v) is 6.19. The van der Waals surface area contributed by atoms with Crippen LogP contribution < -0.4 is 11.3 Å². The van der Waals surface area contributed by atoms with Crippen molar-refractivity contribution in [2.45, 2.75) is 18.9 Å². The van der Waals surface area contributed by atoms with Gasteiger partial charge in [-0.05, 0) is 57.9 Å². The van der Waals surface area contributed by atoms with E-state index in [1.165, 1.54) is 23.3 Å². The Balaban J connectivity index is 1.96. The van der Waals surface area contributed by atoms with Gasteiger partial charge in [-0.2, -0.15) is 0 Å². The molecule has 0 heterocycles. The Morgan fingerprint density at radius 3 is 2.29 bits per heavy atom. The lowest BCUT2D eigenvalue weighted by Crippen LogP contribution is -2.35. The lowest BCUT2D eigenvalue weighted by molar-refractivity contribution is 0.353. The van der Waals surface area contributed by atoms with Crippen molar-refractivity contribution in [3.05, 3.63) is 69.2 Å². The Kier molecular flexibility index (Phi) is 4.06. The fourth-order valence-corrected chi connectivity index (χ4v) is 3.46. The quantitative estimate of drug-likeness (QED) is 0.502. The summed E-state index contributed by atoms with van der Waals surface area (Å²) in [5.74, 6) is 4.48. The first kappa shape index (κ1) is 14.6. The van der Waals surface area contributed by atoms with Crippen LogP contribution >= 0.6 is 15.9 Å². The molecule has 0 aliphatic heterocycles. The Morgan fingerprint density at radius 2 is 1.71 bits per heavy atom. The molecule has 2 aromatic carbocycles. The Bertz CT molecular complexity index is 650. The van der Waals surface area contributed by atoms with Crippen molar-refractivity contribution < 1.29 is 8.78 Å². The maximum atomic E-state index is 14.3. The van der Waals surface area contributed by atoms with Gasteiger partial charge in [-0.1, -0.05) is 24.3 Å². The van der Waals surface area contributed by atoms with Crippen LogP contribution in [0.1, 0.15) is 22.7 Å². The molecular weight excluding hydrogens is 338 g/mol. The SMILES string of the molecule is NNC(c1c(F)ccc(Br)c1F)C1Cc2ccccc2C1. The monoisotopic (exact) mass is 352 g/mol. The van der Waals surface area contributed by atoms with Crippen LogP contribution in [0.15, 0.2) is 40.9 Å². The summed E-state index contributed by atoms with van der Waals surface area (Å²) in [4.78, 5) is 0. The molecule has 1 unspecified atom stereocenters. The van der Waals surface area contributed by atoms with Crippen LogP contribution in [0.2, 0.25) is 0 Å². The van der Waals surface area contributed by atoms with Gasteiger partial charge < -0.3 is 0 Å². The largest absolute Gasteiger partial charge is 0.271 e. The fraction of sp³-hybridized carbons (Fsp3) is 0.250. The summed E-state index contributed by atoms with van der Waals surface area (Å²) in [5.41, 5.74) is 5.05. The zero-order valence-electron chi connectivity index (χ0n) is 11.2. The van der Waals surface area contributed by atoms with E-state index >= 15 is 0 Å². The number of halogens is 3. The number of fused-ring (bicyclic) bond motifs is 1. The molecule has 1 atom stereocenters. The van der Waals surface area contributed by atoms with E-state index < -0.39 is 17.7 Å². The highest BCUT2D eigenvalue weighted by atomic mass is 79.9. The van der Waals surface area contributed by atoms with Crippen molar-refractivity contribution in [1.29, 1.82) is 0 Å². The molecule has 0 bridgehead atoms. The van der Waals surface area contributed by atoms with Crippen LogP contribution in [-0.4, -0.2) is 0 Å². The van der Waals surface area contributed by atoms with Crippen LogP contribution in [0.3, 0.4) is 0 Å². The normalized spacial score (nSPS) is 16.0. The smallest absolute Gasteiger partial charge is 0.145 e. The third-order valence-corrected chi connectivity index (χ3v) is 4.74. The van der Waals surface area contributed by atoms with E-state index in [1.807, 2.05) is 12.1 Å². The minimum absolute atomic E-state index is 0.00433. The molecule has 0 saturated heterocycles. The van der Waals surface area contributed by atoms with Crippen molar-refractivity contribution in [2.75, 3.05) is 0 Å². The molecule has 5 heteroatoms. The molecule has 0 spiro atoms. The third-order valence-electron chi connectivity index (χ3n) is 4.12. The Labute approximate surface area is 130 Å². The van der Waals surface area contributed by atoms with Gasteiger partial charge >= 0.3 is 0 Å². The standard InChI is InChI=1S/C16H15BrF2N2/c17-12-5-6-13(18)14(15(12)19)16(21-20)11-7-9-3-1-2-4-10(9)8-11/h1-6,11,16,21H,7-8,20H2. The molecule has 2 aromatic rings. The molecule has 1 aliphatic rings. The van der Waals surface area contributed by atoms with Crippen LogP contribution in [-0.2, 0) is 12.8 Å². The van der Waals surface area contributed by atoms with E-state index in [1.54, 1.807) is 0 Å². The predicted octanol–water partition coefficient (Wildman–Crippen LogP) is 3.65. The maximum Gasteiger partial charge on any atom is 0.145 e. The molecular formula is C16H15BrF2N2. The number of hydrazine groups is 1. The van der Waals surface area contributed by atoms with Crippen molar-refractivity contribution in [1.82, 2.24) is 5.43 Å². The lowest BCUT2D eigenvalue weighted by atomic mass is 9.90. The maximum absolute atomic E-state index is 14.3. The fourth-order valence-electron chi connectivity index (χ4n) is 3.11. The van der Waals surface area contributed by atoms with Gasteiger partial charge in [0.2, 0.25) is 0 Å². The average Bonchev–Trinajstić information content (AvgIpc) is 2.91. The number of benzene rings is 2. The number of nitrogens with two attached hydrogens (primary N) is 1. The van der Waals surface area contributed by atoms with Crippen molar-refractivity contribution >= 4 is 15.9 Å². The van der Waals surface area contributed by atoms with Gasteiger partial charge in [0.15, 0.2) is 0 Å². The Hall–Kier alpha value is -1.30. The third kappa shape index (κ3) is 2.61. The van der Waals surface area contributed by atoms with Gasteiger partial charge in [0.25, 0.3) is 0 Å². The molecule has 0 radical (unpaired) electrons. The summed E-state index contributed by atoms with van der Waals surface area (Å²) in [6, 6.07) is 10.1. The Morgan fingerprint density at radius 1 is 1.10 bits per heavy atom. The van der Waals surface area contributed by atoms with Crippen molar-refractivity contribution in [3.63, 3.8) is 0 Å². The molecule has 21 heavy (non-hydrogen) atoms. The molecule has 3 N–H and O–H groups in total. The van der Waals surface area contributed by atoms with E-state index in [-0.39, 0.29) is 16.0 Å². The average molecular weight is 353 g/mol. The molecule has 0 aromatic heterocycles. The van der Waals surface area contributed by atoms with Gasteiger partial charge in [0.05, 0.1) is 10.5 Å². The first-order valence-electron chi connectivity index (χ1n) is 6.78. The zero-order valence-corrected chi connectivity index (χ0v) is 12.8. The summed E-state index contributed by atoms with van der Waals surface area (Å²) in [7, 11) is 0. The van der Waals surface area contributed by atoms with Gasteiger partial charge in [0, 0.05) is 5.56 Å². The van der Waals surface area contributed by atoms with Gasteiger partial charge in [0.1, 0.15) is 11.6 Å². The number of hydrogen-bond donors (Lipinski definition) is 2. The van der Waals surface area contributed by atoms with E-state index in [0.717, 1.165) is 12.8 Å². The molecule has 0 amide bonds. The minimum atomic E-state index is -0.589. The molecule has 3 rings (SSSR count). The second kappa shape index (κ2) is 5.83.